The van der Waals surface area contributed by atoms with E-state index in [0.717, 1.165) is 25.5 Å². The highest BCUT2D eigenvalue weighted by molar-refractivity contribution is 5.91. The first-order valence-electron chi connectivity index (χ1n) is 18.9. The van der Waals surface area contributed by atoms with E-state index in [2.05, 4.69) is 12.1 Å². The number of cyclic esters (lactones) is 1. The van der Waals surface area contributed by atoms with Gasteiger partial charge in [-0.2, -0.15) is 0 Å². The van der Waals surface area contributed by atoms with Gasteiger partial charge in [-0.25, -0.2) is 0 Å². The van der Waals surface area contributed by atoms with Gasteiger partial charge in [-0.3, -0.25) is 14.0 Å². The number of allylic oxidation sites excluding steroid dienone is 3. The van der Waals surface area contributed by atoms with Crippen molar-refractivity contribution in [1.82, 2.24) is 4.90 Å². The first kappa shape index (κ1) is 43.6. The second-order valence-corrected chi connectivity index (χ2v) is 14.9. The Kier molecular flexibility index (Phi) is 18.3. The van der Waals surface area contributed by atoms with Crippen molar-refractivity contribution in [2.24, 2.45) is 23.7 Å². The number of esters is 1. The molecule has 3 rings (SSSR count). The molecule has 2 aliphatic rings. The highest BCUT2D eigenvalue weighted by Crippen LogP contribution is 2.35. The molecule has 1 fully saturated rings. The SMILES string of the molecule is CC[C@H]1OC(=O)C[C@@H](O)[C@H](C)[C@@H](O[C@@H]2O[C@H](C)[C@@H](OCCCCc3ccccc3)[C@H](N(C)C)[C@H]2O)[C@@H](CC=O)C[C@@H](C)C(=O)/C=C/C(C)=C/[C@@H]1CF. The quantitative estimate of drug-likeness (QED) is 0.154. The van der Waals surface area contributed by atoms with Crippen molar-refractivity contribution in [2.75, 3.05) is 27.4 Å². The van der Waals surface area contributed by atoms with Crippen molar-refractivity contribution >= 4 is 18.0 Å². The number of hydrogen-bond acceptors (Lipinski definition) is 10. The lowest BCUT2D eigenvalue weighted by Gasteiger charge is -2.48. The Morgan fingerprint density at radius 1 is 1.04 bits per heavy atom. The molecule has 11 heteroatoms. The summed E-state index contributed by atoms with van der Waals surface area (Å²) in [6, 6.07) is 9.75. The fourth-order valence-corrected chi connectivity index (χ4v) is 7.41. The second-order valence-electron chi connectivity index (χ2n) is 14.9. The summed E-state index contributed by atoms with van der Waals surface area (Å²) in [7, 11) is 3.70. The molecule has 0 aliphatic carbocycles. The molecule has 0 amide bonds. The standard InChI is InChI=1S/C41H62FNO9/c1-8-35-32(25-42)22-26(2)17-18-33(45)27(3)23-31(19-20-44)39(28(4)34(46)24-36(47)51-35)52-41-38(48)37(43(6)7)40(29(5)50-41)49-21-13-12-16-30-14-10-9-11-15-30/h9-11,14-15,17-18,20,22,27-29,31-32,34-35,37-41,46,48H,8,12-13,16,19,21,23-25H2,1-7H3/b18-17+,26-22+/t27-,28+,29-,31+,32-,34-,35-,37-,38-,39-,40-,41+/m1/s1. The molecule has 2 heterocycles. The van der Waals surface area contributed by atoms with Gasteiger partial charge in [0, 0.05) is 30.8 Å². The van der Waals surface area contributed by atoms with Crippen LogP contribution < -0.4 is 0 Å². The number of alkyl halides is 1. The average Bonchev–Trinajstić information content (AvgIpc) is 3.11. The number of aldehydes is 1. The van der Waals surface area contributed by atoms with Crippen molar-refractivity contribution in [3.63, 3.8) is 0 Å². The average molecular weight is 732 g/mol. The Hall–Kier alpha value is -2.80. The molecule has 0 saturated carbocycles. The molecule has 0 radical (unpaired) electrons. The first-order valence-corrected chi connectivity index (χ1v) is 18.9. The number of halogens is 1. The number of carbonyl (C=O) groups excluding carboxylic acids is 3. The van der Waals surface area contributed by atoms with Crippen LogP contribution in [-0.4, -0.2) is 109 Å². The van der Waals surface area contributed by atoms with Gasteiger partial charge in [-0.1, -0.05) is 68.8 Å². The first-order chi connectivity index (χ1) is 24.8. The molecular weight excluding hydrogens is 669 g/mol. The van der Waals surface area contributed by atoms with Crippen molar-refractivity contribution in [1.29, 1.82) is 0 Å². The van der Waals surface area contributed by atoms with Gasteiger partial charge in [0.05, 0.1) is 37.4 Å². The van der Waals surface area contributed by atoms with Crippen LogP contribution in [0.4, 0.5) is 4.39 Å². The molecule has 10 nitrogen and oxygen atoms in total. The van der Waals surface area contributed by atoms with Gasteiger partial charge in [0.15, 0.2) is 12.1 Å². The molecule has 1 aromatic rings. The summed E-state index contributed by atoms with van der Waals surface area (Å²) in [5.41, 5.74) is 1.91. The Morgan fingerprint density at radius 2 is 1.75 bits per heavy atom. The number of likely N-dealkylation sites (N-methyl/N-ethyl adjacent to an activating group) is 1. The lowest BCUT2D eigenvalue weighted by Crippen LogP contribution is -2.64. The Bertz CT molecular complexity index is 1310. The van der Waals surface area contributed by atoms with Crippen molar-refractivity contribution < 1.29 is 47.9 Å². The highest BCUT2D eigenvalue weighted by atomic mass is 19.1. The highest BCUT2D eigenvalue weighted by Gasteiger charge is 2.48. The number of nitrogens with zero attached hydrogens (tertiary/aromatic N) is 1. The molecule has 0 aromatic heterocycles. The van der Waals surface area contributed by atoms with E-state index in [1.165, 1.54) is 11.6 Å². The smallest absolute Gasteiger partial charge is 0.308 e. The minimum Gasteiger partial charge on any atom is -0.462 e. The third-order valence-electron chi connectivity index (χ3n) is 10.5. The van der Waals surface area contributed by atoms with Crippen LogP contribution in [0.25, 0.3) is 0 Å². The summed E-state index contributed by atoms with van der Waals surface area (Å²) < 4.78 is 39.0. The number of benzene rings is 1. The van der Waals surface area contributed by atoms with E-state index in [0.29, 0.717) is 18.6 Å². The third kappa shape index (κ3) is 12.7. The summed E-state index contributed by atoms with van der Waals surface area (Å²) >= 11 is 0. The van der Waals surface area contributed by atoms with Gasteiger partial charge >= 0.3 is 5.97 Å². The summed E-state index contributed by atoms with van der Waals surface area (Å²) in [5, 5.41) is 23.2. The number of carbonyl (C=O) groups is 3. The van der Waals surface area contributed by atoms with Crippen LogP contribution in [0, 0.1) is 23.7 Å². The van der Waals surface area contributed by atoms with Gasteiger partial charge in [0.2, 0.25) is 0 Å². The maximum atomic E-state index is 14.1. The monoisotopic (exact) mass is 731 g/mol. The maximum Gasteiger partial charge on any atom is 0.308 e. The normalized spacial score (nSPS) is 35.8. The predicted octanol–water partition coefficient (Wildman–Crippen LogP) is 5.43. The van der Waals surface area contributed by atoms with Crippen LogP contribution in [0.3, 0.4) is 0 Å². The zero-order chi connectivity index (χ0) is 38.4. The van der Waals surface area contributed by atoms with Crippen LogP contribution in [0.2, 0.25) is 0 Å². The van der Waals surface area contributed by atoms with E-state index < -0.39 is 91.7 Å². The van der Waals surface area contributed by atoms with Crippen molar-refractivity contribution in [3.8, 4) is 0 Å². The van der Waals surface area contributed by atoms with Gasteiger partial charge < -0.3 is 38.9 Å². The number of aliphatic hydroxyl groups excluding tert-OH is 2. The lowest BCUT2D eigenvalue weighted by atomic mass is 9.79. The molecule has 0 spiro atoms. The predicted molar refractivity (Wildman–Crippen MR) is 197 cm³/mol. The molecule has 0 unspecified atom stereocenters. The fraction of sp³-hybridized carbons (Fsp3) is 0.683. The van der Waals surface area contributed by atoms with E-state index >= 15 is 0 Å². The zero-order valence-electron chi connectivity index (χ0n) is 32.1. The van der Waals surface area contributed by atoms with E-state index in [9.17, 15) is 29.0 Å². The molecule has 1 saturated heterocycles. The van der Waals surface area contributed by atoms with Crippen LogP contribution >= 0.6 is 0 Å². The Labute approximate surface area is 309 Å². The third-order valence-corrected chi connectivity index (χ3v) is 10.5. The number of unbranched alkanes of at least 4 members (excludes halogenated alkanes) is 1. The topological polar surface area (TPSA) is 132 Å². The summed E-state index contributed by atoms with van der Waals surface area (Å²) in [6.45, 7) is 8.58. The second kappa shape index (κ2) is 21.8. The van der Waals surface area contributed by atoms with Crippen LogP contribution in [0.15, 0.2) is 54.1 Å². The maximum absolute atomic E-state index is 14.1. The largest absolute Gasteiger partial charge is 0.462 e. The van der Waals surface area contributed by atoms with Crippen LogP contribution in [0.5, 0.6) is 0 Å². The Morgan fingerprint density at radius 3 is 2.38 bits per heavy atom. The minimum absolute atomic E-state index is 0.00667. The zero-order valence-corrected chi connectivity index (χ0v) is 32.1. The number of rotatable bonds is 13. The molecule has 0 bridgehead atoms. The number of ether oxygens (including phenoxy) is 4. The van der Waals surface area contributed by atoms with E-state index in [1.807, 2.05) is 44.1 Å². The van der Waals surface area contributed by atoms with Gasteiger partial charge in [0.25, 0.3) is 0 Å². The molecule has 2 N–H and O–H groups in total. The van der Waals surface area contributed by atoms with Gasteiger partial charge in [-0.15, -0.1) is 0 Å². The summed E-state index contributed by atoms with van der Waals surface area (Å²) in [4.78, 5) is 40.4. The molecule has 52 heavy (non-hydrogen) atoms. The number of ketones is 1. The minimum atomic E-state index is -1.28. The summed E-state index contributed by atoms with van der Waals surface area (Å²) in [6.07, 6.45) is 2.11. The van der Waals surface area contributed by atoms with E-state index in [1.54, 1.807) is 39.8 Å². The fourth-order valence-electron chi connectivity index (χ4n) is 7.41. The van der Waals surface area contributed by atoms with Crippen molar-refractivity contribution in [3.05, 3.63) is 59.7 Å². The Balaban J connectivity index is 1.86. The molecular formula is C41H62FNO9. The van der Waals surface area contributed by atoms with Crippen LogP contribution in [0.1, 0.15) is 78.7 Å². The molecule has 2 aliphatic heterocycles. The van der Waals surface area contributed by atoms with Gasteiger partial charge in [0.1, 0.15) is 24.6 Å². The molecule has 12 atom stereocenters. The number of aryl methyl sites for hydroxylation is 1. The van der Waals surface area contributed by atoms with Crippen molar-refractivity contribution in [2.45, 2.75) is 129 Å². The molecule has 1 aromatic carbocycles. The van der Waals surface area contributed by atoms with Gasteiger partial charge in [-0.05, 0) is 77.6 Å². The number of aliphatic hydroxyl groups is 2. The number of hydrogen-bond donors (Lipinski definition) is 2. The summed E-state index contributed by atoms with van der Waals surface area (Å²) in [5.74, 6) is -3.46. The van der Waals surface area contributed by atoms with E-state index in [-0.39, 0.29) is 18.6 Å². The van der Waals surface area contributed by atoms with E-state index in [4.69, 9.17) is 18.9 Å². The molecule has 292 valence electrons. The van der Waals surface area contributed by atoms with Crippen LogP contribution in [-0.2, 0) is 39.8 Å². The lowest BCUT2D eigenvalue weighted by molar-refractivity contribution is -0.309.